The van der Waals surface area contributed by atoms with E-state index < -0.39 is 16.7 Å². The van der Waals surface area contributed by atoms with Crippen LogP contribution in [0.15, 0.2) is 29.1 Å². The normalized spacial score (nSPS) is 10.1. The number of H-pyrrole nitrogens is 1. The molecule has 0 atom stereocenters. The van der Waals surface area contributed by atoms with Crippen molar-refractivity contribution in [2.75, 3.05) is 0 Å². The van der Waals surface area contributed by atoms with E-state index in [0.717, 1.165) is 0 Å². The van der Waals surface area contributed by atoms with Crippen LogP contribution >= 0.6 is 11.3 Å². The van der Waals surface area contributed by atoms with Gasteiger partial charge in [0.05, 0.1) is 6.42 Å². The average Bonchev–Trinajstić information content (AvgIpc) is 2.68. The maximum atomic E-state index is 11.6. The van der Waals surface area contributed by atoms with Crippen LogP contribution in [0.25, 0.3) is 0 Å². The summed E-state index contributed by atoms with van der Waals surface area (Å²) in [6, 6.07) is 6.43. The molecule has 7 heteroatoms. The minimum Gasteiger partial charge on any atom is -0.491 e. The number of hydrogen-bond donors (Lipinski definition) is 2. The number of rotatable bonds is 4. The van der Waals surface area contributed by atoms with Crippen LogP contribution in [0.1, 0.15) is 15.9 Å². The molecule has 0 bridgehead atoms. The van der Waals surface area contributed by atoms with Crippen molar-refractivity contribution in [3.63, 3.8) is 0 Å². The Morgan fingerprint density at radius 1 is 1.37 bits per heavy atom. The fourth-order valence-corrected chi connectivity index (χ4v) is 1.99. The molecular weight excluding hydrogens is 270 g/mol. The summed E-state index contributed by atoms with van der Waals surface area (Å²) in [6.45, 7) is 0. The number of ether oxygens (including phenoxy) is 1. The molecule has 0 spiro atoms. The lowest BCUT2D eigenvalue weighted by Gasteiger charge is -2.02. The molecule has 0 aliphatic heterocycles. The van der Waals surface area contributed by atoms with Gasteiger partial charge >= 0.3 is 10.8 Å². The molecule has 0 saturated carbocycles. The van der Waals surface area contributed by atoms with E-state index >= 15 is 0 Å². The summed E-state index contributed by atoms with van der Waals surface area (Å²) < 4.78 is 4.86. The molecule has 0 saturated heterocycles. The number of hydrogen-bond acceptors (Lipinski definition) is 6. The summed E-state index contributed by atoms with van der Waals surface area (Å²) in [6.07, 6.45) is 0.683. The van der Waals surface area contributed by atoms with Gasteiger partial charge in [-0.2, -0.15) is 0 Å². The lowest BCUT2D eigenvalue weighted by atomic mass is 10.1. The molecule has 0 amide bonds. The molecule has 1 aromatic carbocycles. The largest absolute Gasteiger partial charge is 0.491 e. The van der Waals surface area contributed by atoms with Gasteiger partial charge in [0.25, 0.3) is 0 Å². The Hall–Kier alpha value is -2.41. The molecule has 19 heavy (non-hydrogen) atoms. The zero-order chi connectivity index (χ0) is 13.8. The molecule has 1 aromatic heterocycles. The first-order valence-corrected chi connectivity index (χ1v) is 6.07. The van der Waals surface area contributed by atoms with Gasteiger partial charge in [-0.1, -0.05) is 24.3 Å². The van der Waals surface area contributed by atoms with Crippen molar-refractivity contribution >= 4 is 23.6 Å². The first-order chi connectivity index (χ1) is 9.08. The van der Waals surface area contributed by atoms with E-state index in [1.165, 1.54) is 0 Å². The number of carbonyl (C=O) groups excluding carboxylic acids is 2. The number of esters is 1. The second-order valence-electron chi connectivity index (χ2n) is 3.66. The van der Waals surface area contributed by atoms with E-state index in [2.05, 4.69) is 4.98 Å². The summed E-state index contributed by atoms with van der Waals surface area (Å²) in [5, 5.41) is 9.10. The predicted octanol–water partition coefficient (Wildman–Crippen LogP) is 1.10. The second kappa shape index (κ2) is 5.49. The van der Waals surface area contributed by atoms with Crippen LogP contribution in [0.5, 0.6) is 10.9 Å². The third-order valence-electron chi connectivity index (χ3n) is 2.27. The van der Waals surface area contributed by atoms with Gasteiger partial charge in [-0.3, -0.25) is 19.4 Å². The number of thiazole rings is 1. The Morgan fingerprint density at radius 2 is 2.05 bits per heavy atom. The van der Waals surface area contributed by atoms with E-state index in [1.54, 1.807) is 24.3 Å². The topological polar surface area (TPSA) is 96.5 Å². The standard InChI is InChI=1S/C12H9NO5S/c14-6-8-3-1-7(2-4-8)5-9(15)18-11-10(16)13-12(17)19-11/h1-4,6,16H,5H2,(H,13,17). The third-order valence-corrected chi connectivity index (χ3v) is 3.02. The SMILES string of the molecule is O=Cc1ccc(CC(=O)Oc2sc(=O)[nH]c2O)cc1. The summed E-state index contributed by atoms with van der Waals surface area (Å²) in [7, 11) is 0. The highest BCUT2D eigenvalue weighted by atomic mass is 32.1. The number of benzene rings is 1. The Kier molecular flexibility index (Phi) is 3.76. The van der Waals surface area contributed by atoms with Gasteiger partial charge in [-0.15, -0.1) is 0 Å². The van der Waals surface area contributed by atoms with E-state index in [-0.39, 0.29) is 11.5 Å². The summed E-state index contributed by atoms with van der Waals surface area (Å²) in [5.41, 5.74) is 1.18. The van der Waals surface area contributed by atoms with Crippen molar-refractivity contribution in [2.45, 2.75) is 6.42 Å². The highest BCUT2D eigenvalue weighted by Crippen LogP contribution is 2.26. The Balaban J connectivity index is 2.02. The molecule has 0 aliphatic carbocycles. The number of aromatic nitrogens is 1. The van der Waals surface area contributed by atoms with Gasteiger partial charge in [-0.05, 0) is 16.9 Å². The zero-order valence-electron chi connectivity index (χ0n) is 9.58. The molecule has 6 nitrogen and oxygen atoms in total. The van der Waals surface area contributed by atoms with Crippen LogP contribution in [0, 0.1) is 0 Å². The fraction of sp³-hybridized carbons (Fsp3) is 0.0833. The first kappa shape index (κ1) is 13.0. The second-order valence-corrected chi connectivity index (χ2v) is 4.61. The van der Waals surface area contributed by atoms with Gasteiger partial charge in [0.15, 0.2) is 0 Å². The van der Waals surface area contributed by atoms with Crippen LogP contribution in [0.4, 0.5) is 0 Å². The molecule has 1 heterocycles. The minimum absolute atomic E-state index is 0.0231. The Bertz CT molecular complexity index is 656. The zero-order valence-corrected chi connectivity index (χ0v) is 10.4. The third kappa shape index (κ3) is 3.29. The quantitative estimate of drug-likeness (QED) is 0.645. The van der Waals surface area contributed by atoms with Gasteiger partial charge in [0.2, 0.25) is 10.9 Å². The highest BCUT2D eigenvalue weighted by molar-refractivity contribution is 7.11. The summed E-state index contributed by atoms with van der Waals surface area (Å²) >= 11 is 0.609. The number of carbonyl (C=O) groups is 2. The smallest absolute Gasteiger partial charge is 0.316 e. The van der Waals surface area contributed by atoms with E-state index in [1.807, 2.05) is 0 Å². The Labute approximate surface area is 111 Å². The molecule has 0 aliphatic rings. The molecule has 2 aromatic rings. The van der Waals surface area contributed by atoms with Gasteiger partial charge < -0.3 is 9.84 Å². The summed E-state index contributed by atoms with van der Waals surface area (Å²) in [5.74, 6) is -1.07. The van der Waals surface area contributed by atoms with Crippen molar-refractivity contribution in [3.8, 4) is 10.9 Å². The molecular formula is C12H9NO5S. The van der Waals surface area contributed by atoms with Crippen LogP contribution in [0.3, 0.4) is 0 Å². The maximum absolute atomic E-state index is 11.6. The number of aromatic amines is 1. The maximum Gasteiger partial charge on any atom is 0.316 e. The fourth-order valence-electron chi connectivity index (χ4n) is 1.40. The molecule has 0 unspecified atom stereocenters. The van der Waals surface area contributed by atoms with Gasteiger partial charge in [0, 0.05) is 5.56 Å². The van der Waals surface area contributed by atoms with Gasteiger partial charge in [0.1, 0.15) is 6.29 Å². The van der Waals surface area contributed by atoms with E-state index in [0.29, 0.717) is 28.7 Å². The Morgan fingerprint density at radius 3 is 2.58 bits per heavy atom. The molecule has 98 valence electrons. The number of aldehydes is 1. The minimum atomic E-state index is -0.607. The monoisotopic (exact) mass is 279 g/mol. The van der Waals surface area contributed by atoms with Crippen molar-refractivity contribution in [1.82, 2.24) is 4.98 Å². The van der Waals surface area contributed by atoms with Crippen LogP contribution in [-0.4, -0.2) is 22.3 Å². The lowest BCUT2D eigenvalue weighted by molar-refractivity contribution is -0.133. The van der Waals surface area contributed by atoms with E-state index in [4.69, 9.17) is 4.74 Å². The molecule has 0 fully saturated rings. The lowest BCUT2D eigenvalue weighted by Crippen LogP contribution is -2.10. The molecule has 0 radical (unpaired) electrons. The van der Waals surface area contributed by atoms with Crippen LogP contribution in [-0.2, 0) is 11.2 Å². The molecule has 2 rings (SSSR count). The summed E-state index contributed by atoms with van der Waals surface area (Å²) in [4.78, 5) is 34.5. The van der Waals surface area contributed by atoms with Crippen molar-refractivity contribution in [2.24, 2.45) is 0 Å². The number of nitrogens with one attached hydrogen (secondary N) is 1. The van der Waals surface area contributed by atoms with E-state index in [9.17, 15) is 19.5 Å². The van der Waals surface area contributed by atoms with Crippen molar-refractivity contribution in [1.29, 1.82) is 0 Å². The van der Waals surface area contributed by atoms with Crippen molar-refractivity contribution < 1.29 is 19.4 Å². The predicted molar refractivity (Wildman–Crippen MR) is 67.8 cm³/mol. The van der Waals surface area contributed by atoms with Crippen LogP contribution in [0.2, 0.25) is 0 Å². The first-order valence-electron chi connectivity index (χ1n) is 5.25. The van der Waals surface area contributed by atoms with Crippen molar-refractivity contribution in [3.05, 3.63) is 45.1 Å². The molecule has 2 N–H and O–H groups in total. The average molecular weight is 279 g/mol. The highest BCUT2D eigenvalue weighted by Gasteiger charge is 2.13. The number of aromatic hydroxyl groups is 1. The van der Waals surface area contributed by atoms with Gasteiger partial charge in [-0.25, -0.2) is 0 Å². The van der Waals surface area contributed by atoms with Crippen LogP contribution < -0.4 is 9.61 Å².